The summed E-state index contributed by atoms with van der Waals surface area (Å²) in [5, 5.41) is 10.6. The molecule has 9 nitrogen and oxygen atoms in total. The Bertz CT molecular complexity index is 1200. The number of carbonyl (C=O) groups is 1. The topological polar surface area (TPSA) is 99.0 Å². The number of ether oxygens (including phenoxy) is 3. The summed E-state index contributed by atoms with van der Waals surface area (Å²) in [5.74, 6) is 1.66. The number of aryl methyl sites for hydroxylation is 2. The highest BCUT2D eigenvalue weighted by atomic mass is 16.5. The van der Waals surface area contributed by atoms with Gasteiger partial charge in [0.1, 0.15) is 5.75 Å². The van der Waals surface area contributed by atoms with E-state index in [9.17, 15) is 4.79 Å². The lowest BCUT2D eigenvalue weighted by molar-refractivity contribution is 0.0976. The minimum absolute atomic E-state index is 0.316. The molecule has 0 unspecified atom stereocenters. The summed E-state index contributed by atoms with van der Waals surface area (Å²) < 4.78 is 18.2. The zero-order valence-corrected chi connectivity index (χ0v) is 21.1. The first kappa shape index (κ1) is 25.6. The Labute approximate surface area is 206 Å². The number of anilines is 1. The van der Waals surface area contributed by atoms with Gasteiger partial charge >= 0.3 is 0 Å². The third kappa shape index (κ3) is 6.32. The average Bonchev–Trinajstić information content (AvgIpc) is 3.10. The highest BCUT2D eigenvalue weighted by molar-refractivity contribution is 6.10. The number of guanidine groups is 1. The van der Waals surface area contributed by atoms with E-state index < -0.39 is 0 Å². The van der Waals surface area contributed by atoms with Gasteiger partial charge in [-0.15, -0.1) is 0 Å². The van der Waals surface area contributed by atoms with Crippen LogP contribution in [0.5, 0.6) is 17.2 Å². The van der Waals surface area contributed by atoms with E-state index in [0.717, 1.165) is 17.0 Å². The molecule has 2 aromatic carbocycles. The van der Waals surface area contributed by atoms with Crippen LogP contribution in [0.1, 0.15) is 34.2 Å². The standard InChI is InChI=1S/C26H33N5O4/c1-7-35-22-11-9-8-10-21(22)28-26(27-15-14-20-17(2)30-31(4)18(20)3)29-25(32)19-12-13-23(33-5)24(16-19)34-6/h8-13,16H,7,14-15H2,1-6H3,(H2,27,28,29,32). The lowest BCUT2D eigenvalue weighted by atomic mass is 10.1. The number of benzene rings is 2. The summed E-state index contributed by atoms with van der Waals surface area (Å²) in [6.07, 6.45) is 0.690. The maximum Gasteiger partial charge on any atom is 0.258 e. The van der Waals surface area contributed by atoms with Crippen molar-refractivity contribution in [2.75, 3.05) is 32.7 Å². The van der Waals surface area contributed by atoms with Gasteiger partial charge in [0.25, 0.3) is 5.91 Å². The SMILES string of the molecule is CCOc1ccccc1NC(=NCCc1c(C)nn(C)c1C)NC(=O)c1ccc(OC)c(OC)c1. The Morgan fingerprint density at radius 1 is 1.06 bits per heavy atom. The van der Waals surface area contributed by atoms with Crippen molar-refractivity contribution in [2.45, 2.75) is 27.2 Å². The number of amides is 1. The van der Waals surface area contributed by atoms with Gasteiger partial charge < -0.3 is 19.5 Å². The molecule has 1 aromatic heterocycles. The number of nitrogens with one attached hydrogen (secondary N) is 2. The number of methoxy groups -OCH3 is 2. The third-order valence-corrected chi connectivity index (χ3v) is 5.61. The molecular formula is C26H33N5O4. The molecule has 2 N–H and O–H groups in total. The van der Waals surface area contributed by atoms with E-state index in [4.69, 9.17) is 14.2 Å². The van der Waals surface area contributed by atoms with Crippen molar-refractivity contribution in [3.05, 3.63) is 65.0 Å². The summed E-state index contributed by atoms with van der Waals surface area (Å²) in [7, 11) is 5.00. The molecule has 9 heteroatoms. The molecule has 186 valence electrons. The van der Waals surface area contributed by atoms with Crippen LogP contribution in [0, 0.1) is 13.8 Å². The molecule has 3 aromatic rings. The fraction of sp³-hybridized carbons (Fsp3) is 0.346. The van der Waals surface area contributed by atoms with Crippen molar-refractivity contribution < 1.29 is 19.0 Å². The summed E-state index contributed by atoms with van der Waals surface area (Å²) in [6.45, 7) is 6.92. The number of para-hydroxylation sites is 2. The van der Waals surface area contributed by atoms with Crippen LogP contribution in [0.15, 0.2) is 47.5 Å². The predicted molar refractivity (Wildman–Crippen MR) is 137 cm³/mol. The maximum atomic E-state index is 13.1. The number of hydrogen-bond acceptors (Lipinski definition) is 6. The second-order valence-corrected chi connectivity index (χ2v) is 7.83. The van der Waals surface area contributed by atoms with Crippen LogP contribution in [0.25, 0.3) is 0 Å². The molecule has 0 fully saturated rings. The molecular weight excluding hydrogens is 446 g/mol. The molecule has 0 saturated heterocycles. The van der Waals surface area contributed by atoms with Crippen LogP contribution in [0.2, 0.25) is 0 Å². The number of hydrogen-bond donors (Lipinski definition) is 2. The second-order valence-electron chi connectivity index (χ2n) is 7.83. The van der Waals surface area contributed by atoms with E-state index in [1.54, 1.807) is 25.3 Å². The van der Waals surface area contributed by atoms with Gasteiger partial charge in [0, 0.05) is 24.8 Å². The van der Waals surface area contributed by atoms with Crippen molar-refractivity contribution in [1.29, 1.82) is 0 Å². The highest BCUT2D eigenvalue weighted by Gasteiger charge is 2.15. The Morgan fingerprint density at radius 3 is 2.46 bits per heavy atom. The van der Waals surface area contributed by atoms with Gasteiger partial charge in [0.15, 0.2) is 11.5 Å². The zero-order chi connectivity index (χ0) is 25.4. The number of nitrogens with zero attached hydrogens (tertiary/aromatic N) is 3. The third-order valence-electron chi connectivity index (χ3n) is 5.61. The second kappa shape index (κ2) is 11.9. The summed E-state index contributed by atoms with van der Waals surface area (Å²) >= 11 is 0. The van der Waals surface area contributed by atoms with E-state index in [2.05, 4.69) is 20.7 Å². The lowest BCUT2D eigenvalue weighted by Crippen LogP contribution is -2.36. The molecule has 0 atom stereocenters. The van der Waals surface area contributed by atoms with Gasteiger partial charge in [0.2, 0.25) is 5.96 Å². The summed E-state index contributed by atoms with van der Waals surface area (Å²) in [4.78, 5) is 17.8. The van der Waals surface area contributed by atoms with Crippen molar-refractivity contribution in [3.8, 4) is 17.2 Å². The van der Waals surface area contributed by atoms with Crippen LogP contribution >= 0.6 is 0 Å². The first-order valence-electron chi connectivity index (χ1n) is 11.4. The number of aliphatic imine (C=N–C) groups is 1. The van der Waals surface area contributed by atoms with Gasteiger partial charge in [-0.25, -0.2) is 0 Å². The van der Waals surface area contributed by atoms with Crippen molar-refractivity contribution in [2.24, 2.45) is 12.0 Å². The first-order valence-corrected chi connectivity index (χ1v) is 11.4. The normalized spacial score (nSPS) is 11.2. The van der Waals surface area contributed by atoms with E-state index in [-0.39, 0.29) is 5.91 Å². The Balaban J connectivity index is 1.85. The van der Waals surface area contributed by atoms with Crippen LogP contribution in [-0.4, -0.2) is 49.0 Å². The van der Waals surface area contributed by atoms with Crippen molar-refractivity contribution >= 4 is 17.6 Å². The molecule has 0 aliphatic heterocycles. The molecule has 1 amide bonds. The fourth-order valence-electron chi connectivity index (χ4n) is 3.71. The molecule has 0 saturated carbocycles. The minimum atomic E-state index is -0.333. The quantitative estimate of drug-likeness (QED) is 0.357. The average molecular weight is 480 g/mol. The number of carbonyl (C=O) groups excluding carboxylic acids is 1. The fourth-order valence-corrected chi connectivity index (χ4v) is 3.71. The van der Waals surface area contributed by atoms with Gasteiger partial charge in [-0.1, -0.05) is 12.1 Å². The molecule has 0 spiro atoms. The maximum absolute atomic E-state index is 13.1. The van der Waals surface area contributed by atoms with Crippen molar-refractivity contribution in [1.82, 2.24) is 15.1 Å². The van der Waals surface area contributed by atoms with E-state index >= 15 is 0 Å². The molecule has 0 radical (unpaired) electrons. The molecule has 0 aliphatic rings. The Hall–Kier alpha value is -4.01. The Kier molecular flexibility index (Phi) is 8.72. The summed E-state index contributed by atoms with van der Waals surface area (Å²) in [6, 6.07) is 12.5. The monoisotopic (exact) mass is 479 g/mol. The highest BCUT2D eigenvalue weighted by Crippen LogP contribution is 2.27. The molecule has 3 rings (SSSR count). The van der Waals surface area contributed by atoms with Crippen LogP contribution in [-0.2, 0) is 13.5 Å². The van der Waals surface area contributed by atoms with Crippen LogP contribution in [0.3, 0.4) is 0 Å². The smallest absolute Gasteiger partial charge is 0.258 e. The van der Waals surface area contributed by atoms with Crippen LogP contribution < -0.4 is 24.8 Å². The van der Waals surface area contributed by atoms with Gasteiger partial charge in [-0.3, -0.25) is 19.8 Å². The molecule has 35 heavy (non-hydrogen) atoms. The predicted octanol–water partition coefficient (Wildman–Crippen LogP) is 3.89. The van der Waals surface area contributed by atoms with Gasteiger partial charge in [-0.2, -0.15) is 5.10 Å². The summed E-state index contributed by atoms with van der Waals surface area (Å²) in [5.41, 5.74) is 4.34. The Morgan fingerprint density at radius 2 is 1.80 bits per heavy atom. The minimum Gasteiger partial charge on any atom is -0.493 e. The number of aromatic nitrogens is 2. The van der Waals surface area contributed by atoms with E-state index in [1.165, 1.54) is 7.11 Å². The molecule has 1 heterocycles. The van der Waals surface area contributed by atoms with Gasteiger partial charge in [0.05, 0.1) is 32.2 Å². The lowest BCUT2D eigenvalue weighted by Gasteiger charge is -2.15. The largest absolute Gasteiger partial charge is 0.493 e. The zero-order valence-electron chi connectivity index (χ0n) is 21.1. The van der Waals surface area contributed by atoms with E-state index in [0.29, 0.717) is 54.0 Å². The first-order chi connectivity index (χ1) is 16.9. The van der Waals surface area contributed by atoms with Crippen molar-refractivity contribution in [3.63, 3.8) is 0 Å². The van der Waals surface area contributed by atoms with Crippen LogP contribution in [0.4, 0.5) is 5.69 Å². The van der Waals surface area contributed by atoms with E-state index in [1.807, 2.05) is 56.8 Å². The number of rotatable bonds is 9. The molecule has 0 aliphatic carbocycles. The van der Waals surface area contributed by atoms with Gasteiger partial charge in [-0.05, 0) is 63.1 Å². The molecule has 0 bridgehead atoms.